The molecule has 4 rings (SSSR count). The van der Waals surface area contributed by atoms with Crippen molar-refractivity contribution in [1.82, 2.24) is 15.0 Å². The van der Waals surface area contributed by atoms with Crippen LogP contribution in [-0.2, 0) is 18.0 Å². The van der Waals surface area contributed by atoms with Crippen LogP contribution in [-0.4, -0.2) is 20.9 Å². The number of amides is 1. The summed E-state index contributed by atoms with van der Waals surface area (Å²) < 4.78 is 7.98. The summed E-state index contributed by atoms with van der Waals surface area (Å²) in [5.74, 6) is -0.280. The molecule has 25 heavy (non-hydrogen) atoms. The molecule has 0 aliphatic carbocycles. The molecule has 1 aromatic heterocycles. The van der Waals surface area contributed by atoms with Crippen molar-refractivity contribution in [2.45, 2.75) is 20.1 Å². The highest BCUT2D eigenvalue weighted by Gasteiger charge is 2.19. The van der Waals surface area contributed by atoms with Crippen molar-refractivity contribution in [3.05, 3.63) is 69.5 Å². The molecule has 2 heterocycles. The van der Waals surface area contributed by atoms with E-state index in [9.17, 15) is 4.79 Å². The van der Waals surface area contributed by atoms with Gasteiger partial charge in [0.15, 0.2) is 5.69 Å². The van der Waals surface area contributed by atoms with Crippen molar-refractivity contribution in [1.29, 1.82) is 0 Å². The summed E-state index contributed by atoms with van der Waals surface area (Å²) in [6, 6.07) is 13.5. The van der Waals surface area contributed by atoms with E-state index >= 15 is 0 Å². The molecule has 1 amide bonds. The average molecular weight is 399 g/mol. The lowest BCUT2D eigenvalue weighted by molar-refractivity contribution is 0.102. The van der Waals surface area contributed by atoms with Crippen molar-refractivity contribution >= 4 is 27.5 Å². The zero-order chi connectivity index (χ0) is 17.4. The van der Waals surface area contributed by atoms with Crippen LogP contribution in [0.3, 0.4) is 0 Å². The zero-order valence-electron chi connectivity index (χ0n) is 13.5. The van der Waals surface area contributed by atoms with Gasteiger partial charge in [0.05, 0.1) is 24.6 Å². The molecular formula is C18H15BrN4O2. The Kier molecular flexibility index (Phi) is 4.10. The second kappa shape index (κ2) is 6.42. The van der Waals surface area contributed by atoms with Gasteiger partial charge in [-0.1, -0.05) is 33.3 Å². The Morgan fingerprint density at radius 3 is 2.88 bits per heavy atom. The number of anilines is 1. The lowest BCUT2D eigenvalue weighted by Gasteiger charge is -2.07. The number of nitrogens with zero attached hydrogens (tertiary/aromatic N) is 3. The van der Waals surface area contributed by atoms with Gasteiger partial charge in [-0.05, 0) is 48.4 Å². The third-order valence-electron chi connectivity index (χ3n) is 4.14. The molecule has 0 atom stereocenters. The standard InChI is InChI=1S/C18H15BrN4O2/c1-11-17(21-22-23(11)16-4-2-3-14(19)8-16)18(24)20-15-6-5-12-9-25-10-13(12)7-15/h2-8H,9-10H2,1H3,(H,20,24). The summed E-state index contributed by atoms with van der Waals surface area (Å²) in [5.41, 5.74) is 4.82. The van der Waals surface area contributed by atoms with Crippen LogP contribution in [0, 0.1) is 6.92 Å². The molecule has 1 N–H and O–H groups in total. The molecule has 1 aliphatic heterocycles. The van der Waals surface area contributed by atoms with Crippen LogP contribution in [0.25, 0.3) is 5.69 Å². The van der Waals surface area contributed by atoms with E-state index < -0.39 is 0 Å². The van der Waals surface area contributed by atoms with E-state index in [4.69, 9.17) is 4.74 Å². The lowest BCUT2D eigenvalue weighted by atomic mass is 10.1. The van der Waals surface area contributed by atoms with Gasteiger partial charge in [-0.3, -0.25) is 4.79 Å². The Balaban J connectivity index is 1.59. The first-order valence-electron chi connectivity index (χ1n) is 7.81. The summed E-state index contributed by atoms with van der Waals surface area (Å²) in [4.78, 5) is 12.6. The highest BCUT2D eigenvalue weighted by Crippen LogP contribution is 2.24. The lowest BCUT2D eigenvalue weighted by Crippen LogP contribution is -2.14. The fourth-order valence-electron chi connectivity index (χ4n) is 2.83. The smallest absolute Gasteiger partial charge is 0.278 e. The Bertz CT molecular complexity index is 967. The Labute approximate surface area is 152 Å². The summed E-state index contributed by atoms with van der Waals surface area (Å²) in [5, 5.41) is 11.0. The van der Waals surface area contributed by atoms with E-state index in [1.165, 1.54) is 0 Å². The number of benzene rings is 2. The van der Waals surface area contributed by atoms with E-state index in [0.29, 0.717) is 24.6 Å². The maximum absolute atomic E-state index is 12.6. The van der Waals surface area contributed by atoms with Gasteiger partial charge < -0.3 is 10.1 Å². The van der Waals surface area contributed by atoms with E-state index in [-0.39, 0.29) is 5.91 Å². The summed E-state index contributed by atoms with van der Waals surface area (Å²) in [7, 11) is 0. The van der Waals surface area contributed by atoms with Crippen LogP contribution in [0.5, 0.6) is 0 Å². The number of halogens is 1. The number of ether oxygens (including phenoxy) is 1. The quantitative estimate of drug-likeness (QED) is 0.731. The van der Waals surface area contributed by atoms with Crippen LogP contribution in [0.15, 0.2) is 46.9 Å². The molecule has 6 nitrogen and oxygen atoms in total. The number of hydrogen-bond donors (Lipinski definition) is 1. The summed E-state index contributed by atoms with van der Waals surface area (Å²) in [6.07, 6.45) is 0. The first-order chi connectivity index (χ1) is 12.1. The summed E-state index contributed by atoms with van der Waals surface area (Å²) in [6.45, 7) is 3.03. The van der Waals surface area contributed by atoms with Crippen molar-refractivity contribution in [3.63, 3.8) is 0 Å². The Morgan fingerprint density at radius 2 is 2.04 bits per heavy atom. The predicted octanol–water partition coefficient (Wildman–Crippen LogP) is 3.62. The number of rotatable bonds is 3. The minimum absolute atomic E-state index is 0.280. The van der Waals surface area contributed by atoms with Crippen LogP contribution < -0.4 is 5.32 Å². The first kappa shape index (κ1) is 16.0. The maximum atomic E-state index is 12.6. The van der Waals surface area contributed by atoms with E-state index in [1.807, 2.05) is 49.4 Å². The van der Waals surface area contributed by atoms with E-state index in [0.717, 1.165) is 27.0 Å². The molecule has 0 spiro atoms. The highest BCUT2D eigenvalue weighted by molar-refractivity contribution is 9.10. The number of hydrogen-bond acceptors (Lipinski definition) is 4. The molecular weight excluding hydrogens is 384 g/mol. The number of carbonyl (C=O) groups excluding carboxylic acids is 1. The van der Waals surface area contributed by atoms with Crippen LogP contribution >= 0.6 is 15.9 Å². The Hall–Kier alpha value is -2.51. The van der Waals surface area contributed by atoms with Gasteiger partial charge in [-0.15, -0.1) is 5.10 Å². The number of carbonyl (C=O) groups is 1. The molecule has 0 fully saturated rings. The van der Waals surface area contributed by atoms with Gasteiger partial charge in [-0.25, -0.2) is 4.68 Å². The second-order valence-corrected chi connectivity index (χ2v) is 6.76. The monoisotopic (exact) mass is 398 g/mol. The number of aromatic nitrogens is 3. The van der Waals surface area contributed by atoms with Crippen molar-refractivity contribution in [2.75, 3.05) is 5.32 Å². The molecule has 1 aliphatic rings. The van der Waals surface area contributed by atoms with Crippen molar-refractivity contribution in [3.8, 4) is 5.69 Å². The second-order valence-electron chi connectivity index (χ2n) is 5.85. The van der Waals surface area contributed by atoms with Crippen LogP contribution in [0.1, 0.15) is 27.3 Å². The van der Waals surface area contributed by atoms with Gasteiger partial charge in [0.25, 0.3) is 5.91 Å². The molecule has 0 bridgehead atoms. The van der Waals surface area contributed by atoms with Gasteiger partial charge in [0.1, 0.15) is 0 Å². The maximum Gasteiger partial charge on any atom is 0.278 e. The van der Waals surface area contributed by atoms with Crippen LogP contribution in [0.2, 0.25) is 0 Å². The SMILES string of the molecule is Cc1c(C(=O)Nc2ccc3c(c2)COC3)nnn1-c1cccc(Br)c1. The molecule has 3 aromatic rings. The van der Waals surface area contributed by atoms with Crippen LogP contribution in [0.4, 0.5) is 5.69 Å². The average Bonchev–Trinajstić information content (AvgIpc) is 3.20. The molecule has 0 unspecified atom stereocenters. The molecule has 7 heteroatoms. The Morgan fingerprint density at radius 1 is 1.20 bits per heavy atom. The van der Waals surface area contributed by atoms with Crippen molar-refractivity contribution < 1.29 is 9.53 Å². The van der Waals surface area contributed by atoms with Gasteiger partial charge in [0.2, 0.25) is 0 Å². The molecule has 0 saturated carbocycles. The molecule has 126 valence electrons. The minimum atomic E-state index is -0.280. The normalized spacial score (nSPS) is 12.9. The summed E-state index contributed by atoms with van der Waals surface area (Å²) >= 11 is 3.44. The largest absolute Gasteiger partial charge is 0.372 e. The van der Waals surface area contributed by atoms with Crippen molar-refractivity contribution in [2.24, 2.45) is 0 Å². The van der Waals surface area contributed by atoms with Gasteiger partial charge in [-0.2, -0.15) is 0 Å². The predicted molar refractivity (Wildman–Crippen MR) is 96.7 cm³/mol. The van der Waals surface area contributed by atoms with E-state index in [1.54, 1.807) is 4.68 Å². The topological polar surface area (TPSA) is 69.0 Å². The van der Waals surface area contributed by atoms with Gasteiger partial charge >= 0.3 is 0 Å². The number of nitrogens with one attached hydrogen (secondary N) is 1. The number of fused-ring (bicyclic) bond motifs is 1. The van der Waals surface area contributed by atoms with E-state index in [2.05, 4.69) is 31.6 Å². The molecule has 2 aromatic carbocycles. The molecule has 0 saturated heterocycles. The van der Waals surface area contributed by atoms with Gasteiger partial charge in [0, 0.05) is 10.2 Å². The molecule has 0 radical (unpaired) electrons. The fraction of sp³-hybridized carbons (Fsp3) is 0.167. The zero-order valence-corrected chi connectivity index (χ0v) is 15.1. The third-order valence-corrected chi connectivity index (χ3v) is 4.63. The highest BCUT2D eigenvalue weighted by atomic mass is 79.9. The minimum Gasteiger partial charge on any atom is -0.372 e. The fourth-order valence-corrected chi connectivity index (χ4v) is 3.22. The first-order valence-corrected chi connectivity index (χ1v) is 8.60. The third kappa shape index (κ3) is 3.08.